The Labute approximate surface area is 162 Å². The third-order valence-corrected chi connectivity index (χ3v) is 8.54. The van der Waals surface area contributed by atoms with E-state index in [1.807, 2.05) is 0 Å². The van der Waals surface area contributed by atoms with Crippen LogP contribution in [0, 0.1) is 28.6 Å². The number of ether oxygens (including phenoxy) is 3. The molecule has 1 saturated heterocycles. The molecule has 1 aliphatic heterocycles. The Hall–Kier alpha value is -1.10. The summed E-state index contributed by atoms with van der Waals surface area (Å²) in [5, 5.41) is 0. The second-order valence-corrected chi connectivity index (χ2v) is 9.88. The van der Waals surface area contributed by atoms with Crippen molar-refractivity contribution >= 4 is 11.9 Å². The molecule has 8 atom stereocenters. The highest BCUT2D eigenvalue weighted by atomic mass is 16.7. The van der Waals surface area contributed by atoms with Crippen LogP contribution in [-0.2, 0) is 23.8 Å². The molecular weight excluding hydrogens is 344 g/mol. The molecule has 0 amide bonds. The number of rotatable bonds is 2. The van der Waals surface area contributed by atoms with E-state index in [1.54, 1.807) is 0 Å². The van der Waals surface area contributed by atoms with E-state index < -0.39 is 0 Å². The highest BCUT2D eigenvalue weighted by Gasteiger charge is 2.61. The first-order chi connectivity index (χ1) is 12.7. The van der Waals surface area contributed by atoms with Gasteiger partial charge in [-0.05, 0) is 68.1 Å². The molecule has 5 heteroatoms. The normalized spacial score (nSPS) is 48.7. The van der Waals surface area contributed by atoms with Gasteiger partial charge in [0.2, 0.25) is 6.29 Å². The quantitative estimate of drug-likeness (QED) is 0.673. The van der Waals surface area contributed by atoms with Crippen molar-refractivity contribution < 1.29 is 23.8 Å². The Morgan fingerprint density at radius 3 is 2.19 bits per heavy atom. The van der Waals surface area contributed by atoms with Gasteiger partial charge in [-0.3, -0.25) is 9.59 Å². The molecule has 5 nitrogen and oxygen atoms in total. The Kier molecular flexibility index (Phi) is 4.81. The fourth-order valence-electron chi connectivity index (χ4n) is 7.29. The molecule has 0 N–H and O–H groups in total. The zero-order chi connectivity index (χ0) is 19.4. The minimum Gasteiger partial charge on any atom is -0.462 e. The largest absolute Gasteiger partial charge is 0.462 e. The second kappa shape index (κ2) is 6.75. The van der Waals surface area contributed by atoms with E-state index in [9.17, 15) is 9.59 Å². The van der Waals surface area contributed by atoms with E-state index in [0.717, 1.165) is 32.1 Å². The molecular formula is C22H34O5. The van der Waals surface area contributed by atoms with Gasteiger partial charge in [0.05, 0.1) is 6.10 Å². The van der Waals surface area contributed by atoms with Gasteiger partial charge in [-0.2, -0.15) is 0 Å². The summed E-state index contributed by atoms with van der Waals surface area (Å²) in [5.74, 6) is 1.60. The number of hydrogen-bond donors (Lipinski definition) is 0. The Morgan fingerprint density at radius 2 is 1.48 bits per heavy atom. The lowest BCUT2D eigenvalue weighted by Crippen LogP contribution is -2.57. The molecule has 0 unspecified atom stereocenters. The van der Waals surface area contributed by atoms with Gasteiger partial charge in [-0.15, -0.1) is 0 Å². The van der Waals surface area contributed by atoms with E-state index in [1.165, 1.54) is 33.1 Å². The zero-order valence-corrected chi connectivity index (χ0v) is 17.2. The minimum absolute atomic E-state index is 0.0856. The van der Waals surface area contributed by atoms with E-state index in [-0.39, 0.29) is 41.3 Å². The van der Waals surface area contributed by atoms with Gasteiger partial charge >= 0.3 is 11.9 Å². The molecule has 152 valence electrons. The molecule has 0 aromatic heterocycles. The molecule has 3 aliphatic carbocycles. The summed E-state index contributed by atoms with van der Waals surface area (Å²) < 4.78 is 17.3. The first-order valence-electron chi connectivity index (χ1n) is 10.7. The third-order valence-electron chi connectivity index (χ3n) is 8.54. The molecule has 27 heavy (non-hydrogen) atoms. The smallest absolute Gasteiger partial charge is 0.304 e. The molecule has 0 aromatic carbocycles. The fourth-order valence-corrected chi connectivity index (χ4v) is 7.29. The van der Waals surface area contributed by atoms with Gasteiger partial charge < -0.3 is 14.2 Å². The maximum absolute atomic E-state index is 11.6. The van der Waals surface area contributed by atoms with Gasteiger partial charge in [0.25, 0.3) is 0 Å². The topological polar surface area (TPSA) is 61.8 Å². The lowest BCUT2D eigenvalue weighted by Gasteiger charge is -2.60. The molecule has 1 heterocycles. The van der Waals surface area contributed by atoms with E-state index >= 15 is 0 Å². The van der Waals surface area contributed by atoms with Crippen molar-refractivity contribution in [3.8, 4) is 0 Å². The molecule has 0 radical (unpaired) electrons. The monoisotopic (exact) mass is 378 g/mol. The molecule has 4 fully saturated rings. The fraction of sp³-hybridized carbons (Fsp3) is 0.909. The highest BCUT2D eigenvalue weighted by Crippen LogP contribution is 2.65. The number of carbonyl (C=O) groups excluding carboxylic acids is 2. The average molecular weight is 379 g/mol. The second-order valence-electron chi connectivity index (χ2n) is 9.88. The van der Waals surface area contributed by atoms with Crippen LogP contribution in [0.25, 0.3) is 0 Å². The van der Waals surface area contributed by atoms with Crippen LogP contribution in [-0.4, -0.2) is 30.4 Å². The highest BCUT2D eigenvalue weighted by molar-refractivity contribution is 5.66. The molecule has 0 bridgehead atoms. The Balaban J connectivity index is 1.51. The van der Waals surface area contributed by atoms with Crippen LogP contribution >= 0.6 is 0 Å². The van der Waals surface area contributed by atoms with Crippen molar-refractivity contribution in [1.82, 2.24) is 0 Å². The first kappa shape index (κ1) is 19.2. The van der Waals surface area contributed by atoms with Gasteiger partial charge in [0, 0.05) is 25.7 Å². The van der Waals surface area contributed by atoms with Gasteiger partial charge in [-0.25, -0.2) is 0 Å². The van der Waals surface area contributed by atoms with Crippen molar-refractivity contribution in [2.75, 3.05) is 0 Å². The number of esters is 2. The maximum Gasteiger partial charge on any atom is 0.304 e. The predicted molar refractivity (Wildman–Crippen MR) is 99.6 cm³/mol. The SMILES string of the molecule is CC(=O)O[C@H]1CC[C@]2(C)[C@@H]3CC[C@]4(C)[C@@H](OC(C)=O)CC[C@@H]4[C@H]3CC[C@H]2O1. The summed E-state index contributed by atoms with van der Waals surface area (Å²) in [4.78, 5) is 22.9. The Morgan fingerprint density at radius 1 is 0.815 bits per heavy atom. The molecule has 0 spiro atoms. The summed E-state index contributed by atoms with van der Waals surface area (Å²) in [6, 6.07) is 0. The minimum atomic E-state index is -0.370. The van der Waals surface area contributed by atoms with Crippen LogP contribution in [0.1, 0.15) is 79.1 Å². The van der Waals surface area contributed by atoms with Crippen LogP contribution in [0.5, 0.6) is 0 Å². The summed E-state index contributed by atoms with van der Waals surface area (Å²) in [6.45, 7) is 7.75. The number of hydrogen-bond acceptors (Lipinski definition) is 5. The van der Waals surface area contributed by atoms with Crippen LogP contribution in [0.2, 0.25) is 0 Å². The maximum atomic E-state index is 11.6. The zero-order valence-electron chi connectivity index (χ0n) is 17.2. The van der Waals surface area contributed by atoms with E-state index in [2.05, 4.69) is 13.8 Å². The number of fused-ring (bicyclic) bond motifs is 5. The lowest BCUT2D eigenvalue weighted by molar-refractivity contribution is -0.257. The summed E-state index contributed by atoms with van der Waals surface area (Å²) in [6.07, 6.45) is 8.48. The van der Waals surface area contributed by atoms with Crippen LogP contribution < -0.4 is 0 Å². The van der Waals surface area contributed by atoms with Crippen molar-refractivity contribution in [2.24, 2.45) is 28.6 Å². The molecule has 3 saturated carbocycles. The molecule has 4 rings (SSSR count). The lowest BCUT2D eigenvalue weighted by atomic mass is 9.48. The van der Waals surface area contributed by atoms with E-state index in [4.69, 9.17) is 14.2 Å². The van der Waals surface area contributed by atoms with Crippen molar-refractivity contribution in [3.05, 3.63) is 0 Å². The average Bonchev–Trinajstić information content (AvgIpc) is 2.91. The standard InChI is InChI=1S/C22H34O5/c1-13(23)25-18-8-6-16-15-5-7-19-22(4,17(15)9-11-21(16,18)3)12-10-20(27-19)26-14(2)24/h15-20H,5-12H2,1-4H3/t15-,16-,17-,18+,19-,20-,21+,22-/m1/s1. The van der Waals surface area contributed by atoms with Gasteiger partial charge in [0.1, 0.15) is 6.10 Å². The van der Waals surface area contributed by atoms with Crippen LogP contribution in [0.3, 0.4) is 0 Å². The summed E-state index contributed by atoms with van der Waals surface area (Å²) in [7, 11) is 0. The van der Waals surface area contributed by atoms with E-state index in [0.29, 0.717) is 17.8 Å². The first-order valence-corrected chi connectivity index (χ1v) is 10.7. The Bertz CT molecular complexity index is 618. The van der Waals surface area contributed by atoms with Gasteiger partial charge in [0.15, 0.2) is 0 Å². The summed E-state index contributed by atoms with van der Waals surface area (Å²) in [5.41, 5.74) is 0.298. The van der Waals surface area contributed by atoms with Crippen molar-refractivity contribution in [1.29, 1.82) is 0 Å². The van der Waals surface area contributed by atoms with Crippen molar-refractivity contribution in [2.45, 2.75) is 97.6 Å². The van der Waals surface area contributed by atoms with Crippen LogP contribution in [0.15, 0.2) is 0 Å². The third kappa shape index (κ3) is 3.10. The van der Waals surface area contributed by atoms with Crippen molar-refractivity contribution in [3.63, 3.8) is 0 Å². The number of carbonyl (C=O) groups is 2. The van der Waals surface area contributed by atoms with Gasteiger partial charge in [-0.1, -0.05) is 13.8 Å². The summed E-state index contributed by atoms with van der Waals surface area (Å²) >= 11 is 0. The molecule has 4 aliphatic rings. The van der Waals surface area contributed by atoms with Crippen LogP contribution in [0.4, 0.5) is 0 Å². The molecule has 0 aromatic rings. The predicted octanol–water partition coefficient (Wildman–Crippen LogP) is 4.23.